The summed E-state index contributed by atoms with van der Waals surface area (Å²) in [6, 6.07) is 11.9. The van der Waals surface area contributed by atoms with Gasteiger partial charge in [-0.2, -0.15) is 0 Å². The quantitative estimate of drug-likeness (QED) is 0.715. The van der Waals surface area contributed by atoms with E-state index in [4.69, 9.17) is 4.74 Å². The number of carbonyl (C=O) groups is 1. The van der Waals surface area contributed by atoms with Crippen LogP contribution in [-0.2, 0) is 27.6 Å². The van der Waals surface area contributed by atoms with Gasteiger partial charge in [0, 0.05) is 24.9 Å². The van der Waals surface area contributed by atoms with Crippen LogP contribution in [0.1, 0.15) is 34.3 Å². The first-order valence-electron chi connectivity index (χ1n) is 9.02. The highest BCUT2D eigenvalue weighted by atomic mass is 32.2. The normalized spacial score (nSPS) is 13.8. The maximum atomic E-state index is 12.6. The van der Waals surface area contributed by atoms with E-state index >= 15 is 0 Å². The minimum absolute atomic E-state index is 0.118. The average Bonchev–Trinajstić information content (AvgIpc) is 2.68. The van der Waals surface area contributed by atoms with E-state index in [0.29, 0.717) is 12.2 Å². The summed E-state index contributed by atoms with van der Waals surface area (Å²) in [5, 5.41) is 2.97. The monoisotopic (exact) mass is 388 g/mol. The highest BCUT2D eigenvalue weighted by Crippen LogP contribution is 2.28. The van der Waals surface area contributed by atoms with E-state index in [1.54, 1.807) is 0 Å². The van der Waals surface area contributed by atoms with Gasteiger partial charge in [0.2, 0.25) is 10.0 Å². The molecular formula is C20H24N2O4S. The van der Waals surface area contributed by atoms with Crippen molar-refractivity contribution in [3.05, 3.63) is 59.2 Å². The van der Waals surface area contributed by atoms with Gasteiger partial charge in [0.15, 0.2) is 0 Å². The van der Waals surface area contributed by atoms with Crippen LogP contribution in [0.3, 0.4) is 0 Å². The summed E-state index contributed by atoms with van der Waals surface area (Å²) < 4.78 is 31.6. The fourth-order valence-electron chi connectivity index (χ4n) is 3.24. The van der Waals surface area contributed by atoms with Crippen molar-refractivity contribution in [2.24, 2.45) is 0 Å². The number of hydrogen-bond acceptors (Lipinski definition) is 4. The van der Waals surface area contributed by atoms with Gasteiger partial charge < -0.3 is 10.1 Å². The number of carbonyl (C=O) groups excluding carboxylic acids is 1. The molecule has 2 N–H and O–H groups in total. The average molecular weight is 388 g/mol. The predicted molar refractivity (Wildman–Crippen MR) is 105 cm³/mol. The SMILES string of the molecule is COCCNS(=O)(=O)c1ccc(C(=O)Nc2cccc3c2CCCC3)cc1. The minimum atomic E-state index is -3.61. The van der Waals surface area contributed by atoms with Gasteiger partial charge in [0.1, 0.15) is 0 Å². The van der Waals surface area contributed by atoms with E-state index in [1.807, 2.05) is 12.1 Å². The van der Waals surface area contributed by atoms with Crippen LogP contribution < -0.4 is 10.0 Å². The van der Waals surface area contributed by atoms with Crippen molar-refractivity contribution in [1.82, 2.24) is 4.72 Å². The molecule has 6 nitrogen and oxygen atoms in total. The van der Waals surface area contributed by atoms with Crippen molar-refractivity contribution < 1.29 is 17.9 Å². The van der Waals surface area contributed by atoms with Crippen molar-refractivity contribution >= 4 is 21.6 Å². The highest BCUT2D eigenvalue weighted by Gasteiger charge is 2.17. The molecule has 0 bridgehead atoms. The molecule has 0 unspecified atom stereocenters. The van der Waals surface area contributed by atoms with Crippen molar-refractivity contribution in [3.63, 3.8) is 0 Å². The second kappa shape index (κ2) is 8.65. The van der Waals surface area contributed by atoms with Crippen LogP contribution in [0, 0.1) is 0 Å². The molecule has 1 aliphatic rings. The molecule has 1 aliphatic carbocycles. The van der Waals surface area contributed by atoms with E-state index < -0.39 is 10.0 Å². The Bertz CT molecular complexity index is 908. The molecule has 0 heterocycles. The van der Waals surface area contributed by atoms with Crippen molar-refractivity contribution in [3.8, 4) is 0 Å². The maximum Gasteiger partial charge on any atom is 0.255 e. The molecule has 3 rings (SSSR count). The van der Waals surface area contributed by atoms with Crippen LogP contribution in [0.4, 0.5) is 5.69 Å². The number of ether oxygens (including phenoxy) is 1. The molecule has 0 atom stereocenters. The Labute approximate surface area is 160 Å². The summed E-state index contributed by atoms with van der Waals surface area (Å²) in [5.74, 6) is -0.245. The first-order valence-corrected chi connectivity index (χ1v) is 10.5. The van der Waals surface area contributed by atoms with Crippen molar-refractivity contribution in [1.29, 1.82) is 0 Å². The van der Waals surface area contributed by atoms with Crippen molar-refractivity contribution in [2.75, 3.05) is 25.6 Å². The lowest BCUT2D eigenvalue weighted by Crippen LogP contribution is -2.27. The molecule has 27 heavy (non-hydrogen) atoms. The van der Waals surface area contributed by atoms with E-state index in [9.17, 15) is 13.2 Å². The number of hydrogen-bond donors (Lipinski definition) is 2. The summed E-state index contributed by atoms with van der Waals surface area (Å²) >= 11 is 0. The number of nitrogens with one attached hydrogen (secondary N) is 2. The number of benzene rings is 2. The highest BCUT2D eigenvalue weighted by molar-refractivity contribution is 7.89. The van der Waals surface area contributed by atoms with Gasteiger partial charge in [0.25, 0.3) is 5.91 Å². The predicted octanol–water partition coefficient (Wildman–Crippen LogP) is 2.74. The molecular weight excluding hydrogens is 364 g/mol. The van der Waals surface area contributed by atoms with Crippen molar-refractivity contribution in [2.45, 2.75) is 30.6 Å². The molecule has 0 saturated heterocycles. The largest absolute Gasteiger partial charge is 0.383 e. The molecule has 0 saturated carbocycles. The Kier molecular flexibility index (Phi) is 6.26. The summed E-state index contributed by atoms with van der Waals surface area (Å²) in [6.45, 7) is 0.487. The van der Waals surface area contributed by atoms with Crippen LogP contribution in [-0.4, -0.2) is 34.6 Å². The van der Waals surface area contributed by atoms with E-state index in [-0.39, 0.29) is 17.3 Å². The molecule has 0 radical (unpaired) electrons. The van der Waals surface area contributed by atoms with Crippen LogP contribution in [0.5, 0.6) is 0 Å². The lowest BCUT2D eigenvalue weighted by Gasteiger charge is -2.19. The summed E-state index contributed by atoms with van der Waals surface area (Å²) in [4.78, 5) is 12.7. The third-order valence-electron chi connectivity index (χ3n) is 4.67. The molecule has 2 aromatic rings. The lowest BCUT2D eigenvalue weighted by atomic mass is 9.90. The van der Waals surface area contributed by atoms with Gasteiger partial charge >= 0.3 is 0 Å². The summed E-state index contributed by atoms with van der Waals surface area (Å²) in [6.07, 6.45) is 4.32. The third kappa shape index (κ3) is 4.74. The summed E-state index contributed by atoms with van der Waals surface area (Å²) in [5.41, 5.74) is 3.76. The molecule has 1 amide bonds. The first-order chi connectivity index (χ1) is 13.0. The van der Waals surface area contributed by atoms with Gasteiger partial charge in [-0.15, -0.1) is 0 Å². The molecule has 0 spiro atoms. The number of amides is 1. The smallest absolute Gasteiger partial charge is 0.255 e. The second-order valence-electron chi connectivity index (χ2n) is 6.52. The second-order valence-corrected chi connectivity index (χ2v) is 8.29. The van der Waals surface area contributed by atoms with Gasteiger partial charge in [-0.25, -0.2) is 13.1 Å². The first kappa shape index (κ1) is 19.5. The molecule has 0 aromatic heterocycles. The van der Waals surface area contributed by atoms with Crippen LogP contribution in [0.15, 0.2) is 47.4 Å². The number of fused-ring (bicyclic) bond motifs is 1. The molecule has 0 fully saturated rings. The summed E-state index contributed by atoms with van der Waals surface area (Å²) in [7, 11) is -2.10. The van der Waals surface area contributed by atoms with Gasteiger partial charge in [0.05, 0.1) is 11.5 Å². The number of aryl methyl sites for hydroxylation is 1. The Morgan fingerprint density at radius 2 is 1.81 bits per heavy atom. The van der Waals surface area contributed by atoms with Crippen LogP contribution in [0.2, 0.25) is 0 Å². The van der Waals surface area contributed by atoms with E-state index in [0.717, 1.165) is 24.9 Å². The molecule has 2 aromatic carbocycles. The fraction of sp³-hybridized carbons (Fsp3) is 0.350. The third-order valence-corrected chi connectivity index (χ3v) is 6.15. The zero-order valence-corrected chi connectivity index (χ0v) is 16.1. The number of anilines is 1. The number of sulfonamides is 1. The Hall–Kier alpha value is -2.22. The van der Waals surface area contributed by atoms with Gasteiger partial charge in [-0.05, 0) is 67.1 Å². The molecule has 0 aliphatic heterocycles. The van der Waals surface area contributed by atoms with Gasteiger partial charge in [-0.1, -0.05) is 12.1 Å². The fourth-order valence-corrected chi connectivity index (χ4v) is 4.25. The lowest BCUT2D eigenvalue weighted by molar-refractivity contribution is 0.102. The van der Waals surface area contributed by atoms with Crippen LogP contribution >= 0.6 is 0 Å². The molecule has 144 valence electrons. The topological polar surface area (TPSA) is 84.5 Å². The Morgan fingerprint density at radius 1 is 1.07 bits per heavy atom. The number of rotatable bonds is 7. The maximum absolute atomic E-state index is 12.6. The standard InChI is InChI=1S/C20H24N2O4S/c1-26-14-13-21-27(24,25)17-11-9-16(10-12-17)20(23)22-19-8-4-6-15-5-2-3-7-18(15)19/h4,6,8-12,21H,2-3,5,7,13-14H2,1H3,(H,22,23). The molecule has 7 heteroatoms. The zero-order chi connectivity index (χ0) is 19.3. The Balaban J connectivity index is 1.71. The van der Waals surface area contributed by atoms with E-state index in [2.05, 4.69) is 16.1 Å². The van der Waals surface area contributed by atoms with E-state index in [1.165, 1.54) is 48.9 Å². The minimum Gasteiger partial charge on any atom is -0.383 e. The Morgan fingerprint density at radius 3 is 2.56 bits per heavy atom. The zero-order valence-electron chi connectivity index (χ0n) is 15.3. The van der Waals surface area contributed by atoms with Gasteiger partial charge in [-0.3, -0.25) is 4.79 Å². The van der Waals surface area contributed by atoms with Crippen LogP contribution in [0.25, 0.3) is 0 Å². The number of methoxy groups -OCH3 is 1.